The van der Waals surface area contributed by atoms with Crippen LogP contribution in [0.15, 0.2) is 30.7 Å². The van der Waals surface area contributed by atoms with Crippen molar-refractivity contribution < 1.29 is 14.3 Å². The van der Waals surface area contributed by atoms with Gasteiger partial charge in [0, 0.05) is 6.07 Å². The van der Waals surface area contributed by atoms with Crippen LogP contribution >= 0.6 is 0 Å². The number of hydrogen-bond acceptors (Lipinski definition) is 4. The van der Waals surface area contributed by atoms with Gasteiger partial charge in [0.05, 0.1) is 17.6 Å². The Morgan fingerprint density at radius 2 is 2.19 bits per heavy atom. The second kappa shape index (κ2) is 5.43. The molecule has 0 aromatic carbocycles. The molecule has 7 heteroatoms. The van der Waals surface area contributed by atoms with Crippen molar-refractivity contribution >= 4 is 11.8 Å². The SMILES string of the molecule is Cc1nn(-c2ccc[n+]([O-])c2)cc1NC(=O)OC(C)(C)C. The van der Waals surface area contributed by atoms with Crippen LogP contribution in [0.25, 0.3) is 5.69 Å². The normalized spacial score (nSPS) is 11.2. The van der Waals surface area contributed by atoms with E-state index in [1.165, 1.54) is 17.1 Å². The first kappa shape index (κ1) is 14.8. The lowest BCUT2D eigenvalue weighted by atomic mass is 10.2. The molecule has 1 amide bonds. The molecule has 0 saturated heterocycles. The second-order valence-corrected chi connectivity index (χ2v) is 5.62. The van der Waals surface area contributed by atoms with Crippen LogP contribution in [0.1, 0.15) is 26.5 Å². The number of nitrogens with zero attached hydrogens (tertiary/aromatic N) is 3. The van der Waals surface area contributed by atoms with E-state index in [9.17, 15) is 10.0 Å². The molecule has 21 heavy (non-hydrogen) atoms. The first-order valence-electron chi connectivity index (χ1n) is 6.50. The Balaban J connectivity index is 2.18. The van der Waals surface area contributed by atoms with Crippen molar-refractivity contribution in [1.29, 1.82) is 0 Å². The van der Waals surface area contributed by atoms with Gasteiger partial charge in [0.15, 0.2) is 6.20 Å². The second-order valence-electron chi connectivity index (χ2n) is 5.62. The van der Waals surface area contributed by atoms with Crippen molar-refractivity contribution in [3.8, 4) is 5.69 Å². The third-order valence-electron chi connectivity index (χ3n) is 2.56. The number of carbonyl (C=O) groups excluding carboxylic acids is 1. The summed E-state index contributed by atoms with van der Waals surface area (Å²) >= 11 is 0. The molecule has 2 rings (SSSR count). The van der Waals surface area contributed by atoms with Gasteiger partial charge in [-0.3, -0.25) is 5.32 Å². The Labute approximate surface area is 122 Å². The number of nitrogens with one attached hydrogen (secondary N) is 1. The van der Waals surface area contributed by atoms with Crippen molar-refractivity contribution in [2.45, 2.75) is 33.3 Å². The lowest BCUT2D eigenvalue weighted by molar-refractivity contribution is -0.605. The molecule has 2 aromatic heterocycles. The molecule has 0 aliphatic carbocycles. The van der Waals surface area contributed by atoms with Gasteiger partial charge in [-0.25, -0.2) is 9.48 Å². The van der Waals surface area contributed by atoms with Crippen molar-refractivity contribution in [2.24, 2.45) is 0 Å². The average Bonchev–Trinajstić information content (AvgIpc) is 2.68. The van der Waals surface area contributed by atoms with Crippen molar-refractivity contribution in [3.63, 3.8) is 0 Å². The van der Waals surface area contributed by atoms with Gasteiger partial charge in [-0.15, -0.1) is 0 Å². The number of amides is 1. The first-order chi connectivity index (χ1) is 9.74. The summed E-state index contributed by atoms with van der Waals surface area (Å²) in [6, 6.07) is 3.37. The summed E-state index contributed by atoms with van der Waals surface area (Å²) in [4.78, 5) is 11.8. The highest BCUT2D eigenvalue weighted by molar-refractivity contribution is 5.85. The molecule has 0 fully saturated rings. The molecule has 0 unspecified atom stereocenters. The zero-order chi connectivity index (χ0) is 15.6. The molecule has 0 saturated carbocycles. The van der Waals surface area contributed by atoms with Crippen molar-refractivity contribution in [3.05, 3.63) is 41.6 Å². The maximum Gasteiger partial charge on any atom is 0.412 e. The average molecular weight is 290 g/mol. The summed E-state index contributed by atoms with van der Waals surface area (Å²) in [5, 5.41) is 18.2. The number of aryl methyl sites for hydroxylation is 1. The minimum Gasteiger partial charge on any atom is -0.619 e. The van der Waals surface area contributed by atoms with Gasteiger partial charge in [-0.1, -0.05) is 0 Å². The number of anilines is 1. The minimum atomic E-state index is -0.568. The number of carbonyl (C=O) groups is 1. The highest BCUT2D eigenvalue weighted by Gasteiger charge is 2.18. The van der Waals surface area contributed by atoms with Gasteiger partial charge in [-0.05, 0) is 33.8 Å². The maximum absolute atomic E-state index is 11.8. The third-order valence-corrected chi connectivity index (χ3v) is 2.56. The highest BCUT2D eigenvalue weighted by atomic mass is 16.6. The Bertz CT molecular complexity index is 658. The first-order valence-corrected chi connectivity index (χ1v) is 6.50. The number of ether oxygens (including phenoxy) is 1. The lowest BCUT2D eigenvalue weighted by Crippen LogP contribution is -2.27. The van der Waals surface area contributed by atoms with Gasteiger partial charge >= 0.3 is 6.09 Å². The van der Waals surface area contributed by atoms with E-state index in [0.29, 0.717) is 21.8 Å². The van der Waals surface area contributed by atoms with Crippen LogP contribution in [-0.2, 0) is 4.74 Å². The molecule has 0 bridgehead atoms. The molecule has 0 spiro atoms. The molecule has 7 nitrogen and oxygen atoms in total. The van der Waals surface area contributed by atoms with Crippen LogP contribution in [-0.4, -0.2) is 21.5 Å². The molecule has 0 aliphatic rings. The summed E-state index contributed by atoms with van der Waals surface area (Å²) in [5.74, 6) is 0. The van der Waals surface area contributed by atoms with Crippen molar-refractivity contribution in [1.82, 2.24) is 9.78 Å². The van der Waals surface area contributed by atoms with Crippen LogP contribution in [0, 0.1) is 12.1 Å². The van der Waals surface area contributed by atoms with Crippen LogP contribution in [0.4, 0.5) is 10.5 Å². The highest BCUT2D eigenvalue weighted by Crippen LogP contribution is 2.17. The molecular formula is C14H18N4O3. The topological polar surface area (TPSA) is 83.1 Å². The van der Waals surface area contributed by atoms with E-state index in [4.69, 9.17) is 4.74 Å². The van der Waals surface area contributed by atoms with Gasteiger partial charge < -0.3 is 9.94 Å². The van der Waals surface area contributed by atoms with Crippen molar-refractivity contribution in [2.75, 3.05) is 5.32 Å². The predicted octanol–water partition coefficient (Wildman–Crippen LogP) is 2.16. The predicted molar refractivity (Wildman–Crippen MR) is 77.1 cm³/mol. The summed E-state index contributed by atoms with van der Waals surface area (Å²) in [6.45, 7) is 7.14. The minimum absolute atomic E-state index is 0.533. The van der Waals surface area contributed by atoms with E-state index in [1.807, 2.05) is 0 Å². The van der Waals surface area contributed by atoms with Crippen LogP contribution in [0.2, 0.25) is 0 Å². The molecule has 112 valence electrons. The molecule has 0 aliphatic heterocycles. The van der Waals surface area contributed by atoms with E-state index in [0.717, 1.165) is 0 Å². The Morgan fingerprint density at radius 1 is 1.48 bits per heavy atom. The molecule has 2 aromatic rings. The third kappa shape index (κ3) is 3.95. The number of hydrogen-bond donors (Lipinski definition) is 1. The van der Waals surface area contributed by atoms with E-state index in [1.54, 1.807) is 46.0 Å². The van der Waals surface area contributed by atoms with Crippen LogP contribution in [0.3, 0.4) is 0 Å². The molecule has 0 radical (unpaired) electrons. The monoisotopic (exact) mass is 290 g/mol. The quantitative estimate of drug-likeness (QED) is 0.678. The van der Waals surface area contributed by atoms with Crippen LogP contribution < -0.4 is 10.0 Å². The van der Waals surface area contributed by atoms with E-state index in [-0.39, 0.29) is 0 Å². The number of aromatic nitrogens is 3. The Hall–Kier alpha value is -2.57. The fourth-order valence-corrected chi connectivity index (χ4v) is 1.71. The fourth-order valence-electron chi connectivity index (χ4n) is 1.71. The fraction of sp³-hybridized carbons (Fsp3) is 0.357. The summed E-state index contributed by atoms with van der Waals surface area (Å²) in [7, 11) is 0. The van der Waals surface area contributed by atoms with Gasteiger partial charge in [0.1, 0.15) is 11.3 Å². The molecule has 2 heterocycles. The Kier molecular flexibility index (Phi) is 3.84. The zero-order valence-electron chi connectivity index (χ0n) is 12.5. The van der Waals surface area contributed by atoms with Gasteiger partial charge in [0.25, 0.3) is 0 Å². The molecule has 0 atom stereocenters. The van der Waals surface area contributed by atoms with Gasteiger partial charge in [-0.2, -0.15) is 9.83 Å². The number of pyridine rings is 1. The summed E-state index contributed by atoms with van der Waals surface area (Å²) in [5.41, 5.74) is 1.20. The van der Waals surface area contributed by atoms with Gasteiger partial charge in [0.2, 0.25) is 6.20 Å². The van der Waals surface area contributed by atoms with E-state index in [2.05, 4.69) is 10.4 Å². The smallest absolute Gasteiger partial charge is 0.412 e. The number of rotatable bonds is 2. The van der Waals surface area contributed by atoms with E-state index < -0.39 is 11.7 Å². The summed E-state index contributed by atoms with van der Waals surface area (Å²) < 4.78 is 7.40. The Morgan fingerprint density at radius 3 is 2.81 bits per heavy atom. The lowest BCUT2D eigenvalue weighted by Gasteiger charge is -2.19. The van der Waals surface area contributed by atoms with Crippen LogP contribution in [0.5, 0.6) is 0 Å². The molecular weight excluding hydrogens is 272 g/mol. The van der Waals surface area contributed by atoms with E-state index >= 15 is 0 Å². The molecule has 1 N–H and O–H groups in total. The largest absolute Gasteiger partial charge is 0.619 e. The summed E-state index contributed by atoms with van der Waals surface area (Å²) in [6.07, 6.45) is 3.87. The maximum atomic E-state index is 11.8. The standard InChI is InChI=1S/C14H18N4O3/c1-10-12(15-13(19)21-14(2,3)4)9-18(16-10)11-6-5-7-17(20)8-11/h5-9H,1-4H3,(H,15,19). The zero-order valence-corrected chi connectivity index (χ0v) is 12.5.